The molecule has 0 amide bonds. The number of hydrogen-bond donors (Lipinski definition) is 0. The van der Waals surface area contributed by atoms with Gasteiger partial charge in [-0.15, -0.1) is 0 Å². The Kier molecular flexibility index (Phi) is 25.7. The van der Waals surface area contributed by atoms with Gasteiger partial charge in [-0.05, 0) is 101 Å². The third-order valence-corrected chi connectivity index (χ3v) is 16.3. The van der Waals surface area contributed by atoms with E-state index in [1.54, 1.807) is 0 Å². The van der Waals surface area contributed by atoms with E-state index in [4.69, 9.17) is 0 Å². The molecule has 0 saturated heterocycles. The van der Waals surface area contributed by atoms with Crippen molar-refractivity contribution in [1.29, 1.82) is 0 Å². The fraction of sp³-hybridized carbons (Fsp3) is 1.00. The molecule has 0 aromatic rings. The number of hydrogen-bond acceptors (Lipinski definition) is 8. The predicted octanol–water partition coefficient (Wildman–Crippen LogP) is 5.97. The third-order valence-electron chi connectivity index (χ3n) is 8.95. The molecule has 42 heavy (non-hydrogen) atoms. The van der Waals surface area contributed by atoms with Gasteiger partial charge in [0.25, 0.3) is 0 Å². The van der Waals surface area contributed by atoms with Gasteiger partial charge in [-0.25, -0.2) is 0 Å². The standard InChI is InChI=1S/4C7H15O2P.Ca.Zn/c4*1-10(8,9)7-5-3-2-4-6-7;;/h4*7H,2-6H2,1H3,(H,8,9);;/q;;;;2*+2/p-4. The van der Waals surface area contributed by atoms with Crippen molar-refractivity contribution in [3.05, 3.63) is 0 Å². The van der Waals surface area contributed by atoms with Crippen LogP contribution in [0.2, 0.25) is 0 Å². The van der Waals surface area contributed by atoms with Gasteiger partial charge in [-0.1, -0.05) is 77.0 Å². The minimum absolute atomic E-state index is 0. The molecule has 0 aromatic carbocycles. The van der Waals surface area contributed by atoms with Crippen LogP contribution in [-0.2, 0) is 37.7 Å². The van der Waals surface area contributed by atoms with E-state index < -0.39 is 29.5 Å². The first-order chi connectivity index (χ1) is 18.4. The summed E-state index contributed by atoms with van der Waals surface area (Å²) in [5, 5.41) is 0. The minimum Gasteiger partial charge on any atom is -0.799 e. The Morgan fingerprint density at radius 1 is 0.357 bits per heavy atom. The summed E-state index contributed by atoms with van der Waals surface area (Å²) in [6, 6.07) is 0. The van der Waals surface area contributed by atoms with Crippen molar-refractivity contribution >= 4 is 67.2 Å². The summed E-state index contributed by atoms with van der Waals surface area (Å²) < 4.78 is 44.1. The van der Waals surface area contributed by atoms with Crippen LogP contribution < -0.4 is 19.6 Å². The molecule has 0 N–H and O–H groups in total. The van der Waals surface area contributed by atoms with Gasteiger partial charge < -0.3 is 37.8 Å². The zero-order valence-corrected chi connectivity index (χ0v) is 35.7. The predicted molar refractivity (Wildman–Crippen MR) is 167 cm³/mol. The second-order valence-corrected chi connectivity index (χ2v) is 23.0. The monoisotopic (exact) mass is 748 g/mol. The summed E-state index contributed by atoms with van der Waals surface area (Å²) in [5.41, 5.74) is 0.00463. The SMILES string of the molecule is CP(=O)([O-])C1CCCCC1.CP(=O)([O-])C1CCCCC1.CP(=O)([O-])C1CCCCC1.CP(=O)([O-])C1CCCCC1.[Ca+2].[Zn+2]. The summed E-state index contributed by atoms with van der Waals surface area (Å²) in [6.45, 7) is 5.51. The Hall–Kier alpha value is 2.64. The largest absolute Gasteiger partial charge is 2.00 e. The van der Waals surface area contributed by atoms with Crippen LogP contribution in [0.25, 0.3) is 0 Å². The molecule has 4 fully saturated rings. The van der Waals surface area contributed by atoms with Gasteiger partial charge in [0.15, 0.2) is 0 Å². The van der Waals surface area contributed by atoms with Gasteiger partial charge in [0, 0.05) is 29.5 Å². The van der Waals surface area contributed by atoms with E-state index in [9.17, 15) is 37.8 Å². The maximum absolute atomic E-state index is 11.0. The summed E-state index contributed by atoms with van der Waals surface area (Å²) in [6.07, 6.45) is 20.9. The van der Waals surface area contributed by atoms with E-state index in [0.717, 1.165) is 103 Å². The molecule has 0 radical (unpaired) electrons. The fourth-order valence-electron chi connectivity index (χ4n) is 6.20. The van der Waals surface area contributed by atoms with Crippen molar-refractivity contribution in [2.75, 3.05) is 26.7 Å². The number of rotatable bonds is 4. The van der Waals surface area contributed by atoms with Gasteiger partial charge in [0.05, 0.1) is 0 Å². The topological polar surface area (TPSA) is 161 Å². The molecule has 4 atom stereocenters. The average Bonchev–Trinajstić information content (AvgIpc) is 2.90. The Labute approximate surface area is 299 Å². The maximum Gasteiger partial charge on any atom is 2.00 e. The zero-order valence-electron chi connectivity index (χ0n) is 26.9. The first kappa shape index (κ1) is 46.8. The van der Waals surface area contributed by atoms with Crippen LogP contribution >= 0.6 is 29.5 Å². The van der Waals surface area contributed by atoms with Crippen molar-refractivity contribution in [1.82, 2.24) is 0 Å². The second kappa shape index (κ2) is 23.1. The molecule has 4 rings (SSSR count). The first-order valence-electron chi connectivity index (χ1n) is 15.5. The van der Waals surface area contributed by atoms with Crippen LogP contribution in [0.1, 0.15) is 128 Å². The van der Waals surface area contributed by atoms with Crippen molar-refractivity contribution in [2.24, 2.45) is 0 Å². The minimum atomic E-state index is -2.99. The van der Waals surface area contributed by atoms with Gasteiger partial charge >= 0.3 is 57.2 Å². The molecule has 0 aliphatic heterocycles. The van der Waals surface area contributed by atoms with Crippen molar-refractivity contribution in [3.63, 3.8) is 0 Å². The van der Waals surface area contributed by atoms with Crippen molar-refractivity contribution in [2.45, 2.75) is 151 Å². The zero-order chi connectivity index (χ0) is 30.5. The summed E-state index contributed by atoms with van der Waals surface area (Å²) in [4.78, 5) is 44.1. The van der Waals surface area contributed by atoms with E-state index in [1.165, 1.54) is 52.3 Å². The Bertz CT molecular complexity index is 732. The van der Waals surface area contributed by atoms with Crippen molar-refractivity contribution < 1.29 is 57.3 Å². The van der Waals surface area contributed by atoms with Gasteiger partial charge in [0.2, 0.25) is 0 Å². The van der Waals surface area contributed by atoms with E-state index in [2.05, 4.69) is 0 Å². The molecular weight excluding hydrogens is 694 g/mol. The Morgan fingerprint density at radius 2 is 0.476 bits per heavy atom. The molecule has 0 bridgehead atoms. The molecule has 4 unspecified atom stereocenters. The molecule has 4 aliphatic rings. The molecule has 4 aliphatic carbocycles. The van der Waals surface area contributed by atoms with E-state index in [1.807, 2.05) is 0 Å². The van der Waals surface area contributed by atoms with Gasteiger partial charge in [-0.2, -0.15) is 0 Å². The van der Waals surface area contributed by atoms with Crippen LogP contribution in [0.4, 0.5) is 0 Å². The van der Waals surface area contributed by atoms with E-state index in [-0.39, 0.29) is 79.9 Å². The van der Waals surface area contributed by atoms with E-state index >= 15 is 0 Å². The molecular formula is C28H56CaO8P4Zn. The fourth-order valence-corrected chi connectivity index (χ4v) is 11.4. The quantitative estimate of drug-likeness (QED) is 0.251. The van der Waals surface area contributed by atoms with E-state index in [0.29, 0.717) is 0 Å². The normalized spacial score (nSPS) is 26.5. The van der Waals surface area contributed by atoms with Crippen LogP contribution in [0.5, 0.6) is 0 Å². The maximum atomic E-state index is 11.0. The van der Waals surface area contributed by atoms with Crippen molar-refractivity contribution in [3.8, 4) is 0 Å². The van der Waals surface area contributed by atoms with Crippen LogP contribution in [0, 0.1) is 0 Å². The van der Waals surface area contributed by atoms with Crippen LogP contribution in [0.3, 0.4) is 0 Å². The summed E-state index contributed by atoms with van der Waals surface area (Å²) in [7, 11) is -12.0. The molecule has 8 nitrogen and oxygen atoms in total. The van der Waals surface area contributed by atoms with Gasteiger partial charge in [0.1, 0.15) is 0 Å². The summed E-state index contributed by atoms with van der Waals surface area (Å²) >= 11 is 0. The molecule has 240 valence electrons. The smallest absolute Gasteiger partial charge is 0.799 e. The Morgan fingerprint density at radius 3 is 0.548 bits per heavy atom. The average molecular weight is 750 g/mol. The summed E-state index contributed by atoms with van der Waals surface area (Å²) in [5.74, 6) is 0. The molecule has 0 aromatic heterocycles. The third kappa shape index (κ3) is 21.5. The molecule has 14 heteroatoms. The van der Waals surface area contributed by atoms with Crippen LogP contribution in [-0.4, -0.2) is 87.0 Å². The first-order valence-corrected chi connectivity index (χ1v) is 24.1. The molecule has 0 spiro atoms. The second-order valence-electron chi connectivity index (χ2n) is 12.8. The molecule has 4 saturated carbocycles. The Balaban J connectivity index is 0. The van der Waals surface area contributed by atoms with Crippen LogP contribution in [0.15, 0.2) is 0 Å². The molecule has 0 heterocycles. The van der Waals surface area contributed by atoms with Gasteiger partial charge in [-0.3, -0.25) is 0 Å².